The smallest absolute Gasteiger partial charge is 0.267 e. The summed E-state index contributed by atoms with van der Waals surface area (Å²) >= 11 is 1.44. The van der Waals surface area contributed by atoms with Crippen LogP contribution in [-0.4, -0.2) is 29.4 Å². The Morgan fingerprint density at radius 3 is 2.44 bits per heavy atom. The Balaban J connectivity index is 1.63. The first-order valence-corrected chi connectivity index (χ1v) is 11.2. The highest BCUT2D eigenvalue weighted by atomic mass is 32.2. The van der Waals surface area contributed by atoms with Crippen LogP contribution in [0.1, 0.15) is 38.1 Å². The summed E-state index contributed by atoms with van der Waals surface area (Å²) in [5.74, 6) is 2.02. The number of rotatable bonds is 4. The molecule has 0 unspecified atom stereocenters. The Morgan fingerprint density at radius 1 is 0.969 bits per heavy atom. The van der Waals surface area contributed by atoms with E-state index in [0.717, 1.165) is 16.8 Å². The van der Waals surface area contributed by atoms with Crippen molar-refractivity contribution >= 4 is 28.4 Å². The molecule has 0 N–H and O–H groups in total. The molecule has 8 nitrogen and oxygen atoms in total. The molecule has 5 aromatic rings. The molecule has 0 atom stereocenters. The van der Waals surface area contributed by atoms with Gasteiger partial charge in [0.1, 0.15) is 0 Å². The molecule has 0 radical (unpaired) electrons. The Hall–Kier alpha value is -3.46. The maximum Gasteiger partial charge on any atom is 0.267 e. The Labute approximate surface area is 188 Å². The number of para-hydroxylation sites is 1. The van der Waals surface area contributed by atoms with Gasteiger partial charge in [-0.2, -0.15) is 0 Å². The molecule has 2 aromatic carbocycles. The monoisotopic (exact) mass is 446 g/mol. The first-order valence-electron chi connectivity index (χ1n) is 10.2. The lowest BCUT2D eigenvalue weighted by atomic mass is 9.97. The summed E-state index contributed by atoms with van der Waals surface area (Å²) < 4.78 is 9.32. The second-order valence-electron chi connectivity index (χ2n) is 8.65. The average molecular weight is 447 g/mol. The maximum atomic E-state index is 13.4. The Morgan fingerprint density at radius 2 is 1.72 bits per heavy atom. The van der Waals surface area contributed by atoms with Crippen LogP contribution in [0.3, 0.4) is 0 Å². The molecular weight excluding hydrogens is 424 g/mol. The minimum Gasteiger partial charge on any atom is -0.424 e. The van der Waals surface area contributed by atoms with Crippen LogP contribution in [0.15, 0.2) is 62.9 Å². The van der Waals surface area contributed by atoms with Gasteiger partial charge in [0, 0.05) is 5.41 Å². The predicted molar refractivity (Wildman–Crippen MR) is 123 cm³/mol. The first-order chi connectivity index (χ1) is 15.3. The summed E-state index contributed by atoms with van der Waals surface area (Å²) in [6.45, 7) is 8.09. The fourth-order valence-corrected chi connectivity index (χ4v) is 4.22. The minimum absolute atomic E-state index is 0.132. The van der Waals surface area contributed by atoms with Gasteiger partial charge in [0.2, 0.25) is 17.6 Å². The van der Waals surface area contributed by atoms with E-state index < -0.39 is 0 Å². The molecule has 32 heavy (non-hydrogen) atoms. The summed E-state index contributed by atoms with van der Waals surface area (Å²) in [6.07, 6.45) is 0. The van der Waals surface area contributed by atoms with Crippen molar-refractivity contribution in [2.45, 2.75) is 44.0 Å². The van der Waals surface area contributed by atoms with E-state index in [1.165, 1.54) is 11.8 Å². The Bertz CT molecular complexity index is 1490. The van der Waals surface area contributed by atoms with Crippen LogP contribution in [-0.2, 0) is 11.2 Å². The second kappa shape index (κ2) is 7.59. The lowest BCUT2D eigenvalue weighted by Crippen LogP contribution is -2.21. The minimum atomic E-state index is -0.211. The summed E-state index contributed by atoms with van der Waals surface area (Å²) in [5.41, 5.74) is 2.27. The third-order valence-electron chi connectivity index (χ3n) is 5.12. The zero-order chi connectivity index (χ0) is 22.5. The number of aryl methyl sites for hydroxylation is 1. The molecule has 9 heteroatoms. The van der Waals surface area contributed by atoms with Crippen molar-refractivity contribution in [3.05, 3.63) is 76.2 Å². The van der Waals surface area contributed by atoms with Crippen molar-refractivity contribution in [3.63, 3.8) is 0 Å². The third kappa shape index (κ3) is 3.48. The predicted octanol–water partition coefficient (Wildman–Crippen LogP) is 4.31. The molecule has 0 aliphatic rings. The highest BCUT2D eigenvalue weighted by molar-refractivity contribution is 7.98. The molecule has 0 aliphatic heterocycles. The van der Waals surface area contributed by atoms with Crippen LogP contribution in [0.5, 0.6) is 0 Å². The fraction of sp³-hybridized carbons (Fsp3) is 0.261. The fourth-order valence-electron chi connectivity index (χ4n) is 3.44. The van der Waals surface area contributed by atoms with Gasteiger partial charge in [0.05, 0.1) is 22.3 Å². The van der Waals surface area contributed by atoms with Gasteiger partial charge < -0.3 is 4.42 Å². The van der Waals surface area contributed by atoms with Crippen molar-refractivity contribution in [2.24, 2.45) is 0 Å². The van der Waals surface area contributed by atoms with Crippen molar-refractivity contribution in [2.75, 3.05) is 0 Å². The molecular formula is C23H22N6O2S. The van der Waals surface area contributed by atoms with Gasteiger partial charge in [0.25, 0.3) is 5.56 Å². The highest BCUT2D eigenvalue weighted by Gasteiger charge is 2.22. The van der Waals surface area contributed by atoms with Crippen LogP contribution >= 0.6 is 11.8 Å². The van der Waals surface area contributed by atoms with Crippen LogP contribution in [0.2, 0.25) is 0 Å². The SMILES string of the molecule is Cc1ccc(-n2c(=O)c3ccccc3n3c(SCc4nnc(C(C)(C)C)o4)nnc23)cc1. The van der Waals surface area contributed by atoms with Crippen molar-refractivity contribution in [1.29, 1.82) is 0 Å². The zero-order valence-corrected chi connectivity index (χ0v) is 19.1. The summed E-state index contributed by atoms with van der Waals surface area (Å²) in [5, 5.41) is 18.3. The highest BCUT2D eigenvalue weighted by Crippen LogP contribution is 2.27. The third-order valence-corrected chi connectivity index (χ3v) is 6.03. The molecule has 0 bridgehead atoms. The van der Waals surface area contributed by atoms with Gasteiger partial charge >= 0.3 is 0 Å². The van der Waals surface area contributed by atoms with E-state index in [1.54, 1.807) is 4.57 Å². The molecule has 0 aliphatic carbocycles. The molecule has 3 aromatic heterocycles. The zero-order valence-electron chi connectivity index (χ0n) is 18.2. The number of aromatic nitrogens is 6. The second-order valence-corrected chi connectivity index (χ2v) is 9.59. The van der Waals surface area contributed by atoms with E-state index in [4.69, 9.17) is 4.42 Å². The van der Waals surface area contributed by atoms with E-state index in [1.807, 2.05) is 80.6 Å². The van der Waals surface area contributed by atoms with Gasteiger partial charge in [-0.3, -0.25) is 9.20 Å². The standard InChI is InChI=1S/C23H22N6O2S/c1-14-9-11-15(12-10-14)28-19(30)16-7-5-6-8-17(16)29-21(28)26-27-22(29)32-13-18-24-25-20(31-18)23(2,3)4/h5-12H,13H2,1-4H3. The quantitative estimate of drug-likeness (QED) is 0.380. The number of hydrogen-bond acceptors (Lipinski definition) is 7. The Kier molecular flexibility index (Phi) is 4.85. The van der Waals surface area contributed by atoms with E-state index in [9.17, 15) is 4.79 Å². The first kappa shape index (κ1) is 20.4. The number of benzene rings is 2. The molecule has 0 amide bonds. The molecule has 0 fully saturated rings. The lowest BCUT2D eigenvalue weighted by Gasteiger charge is -2.11. The van der Waals surface area contributed by atoms with Gasteiger partial charge in [-0.15, -0.1) is 20.4 Å². The van der Waals surface area contributed by atoms with Gasteiger partial charge in [-0.05, 0) is 31.2 Å². The normalized spacial score (nSPS) is 12.1. The molecule has 0 saturated carbocycles. The summed E-state index contributed by atoms with van der Waals surface area (Å²) in [7, 11) is 0. The summed E-state index contributed by atoms with van der Waals surface area (Å²) in [4.78, 5) is 13.4. The van der Waals surface area contributed by atoms with Crippen molar-refractivity contribution < 1.29 is 4.42 Å². The van der Waals surface area contributed by atoms with E-state index in [2.05, 4.69) is 20.4 Å². The van der Waals surface area contributed by atoms with Gasteiger partial charge in [-0.1, -0.05) is 62.4 Å². The molecule has 0 saturated heterocycles. The van der Waals surface area contributed by atoms with Crippen molar-refractivity contribution in [3.8, 4) is 5.69 Å². The van der Waals surface area contributed by atoms with Crippen LogP contribution in [0.4, 0.5) is 0 Å². The molecule has 0 spiro atoms. The topological polar surface area (TPSA) is 91.1 Å². The molecule has 3 heterocycles. The van der Waals surface area contributed by atoms with E-state index in [-0.39, 0.29) is 11.0 Å². The number of thioether (sulfide) groups is 1. The summed E-state index contributed by atoms with van der Waals surface area (Å²) in [6, 6.07) is 15.3. The van der Waals surface area contributed by atoms with Crippen LogP contribution in [0.25, 0.3) is 22.4 Å². The number of fused-ring (bicyclic) bond motifs is 3. The van der Waals surface area contributed by atoms with Crippen molar-refractivity contribution in [1.82, 2.24) is 29.4 Å². The van der Waals surface area contributed by atoms with E-state index in [0.29, 0.717) is 33.9 Å². The number of hydrogen-bond donors (Lipinski definition) is 0. The largest absolute Gasteiger partial charge is 0.424 e. The molecule has 5 rings (SSSR count). The lowest BCUT2D eigenvalue weighted by molar-refractivity contribution is 0.378. The van der Waals surface area contributed by atoms with Crippen LogP contribution in [0, 0.1) is 6.92 Å². The maximum absolute atomic E-state index is 13.4. The average Bonchev–Trinajstić information content (AvgIpc) is 3.41. The number of nitrogens with zero attached hydrogens (tertiary/aromatic N) is 6. The van der Waals surface area contributed by atoms with Gasteiger partial charge in [0.15, 0.2) is 5.16 Å². The van der Waals surface area contributed by atoms with E-state index >= 15 is 0 Å². The van der Waals surface area contributed by atoms with Gasteiger partial charge in [-0.25, -0.2) is 4.57 Å². The van der Waals surface area contributed by atoms with Crippen LogP contribution < -0.4 is 5.56 Å². The molecule has 162 valence electrons.